The maximum Gasteiger partial charge on any atom is 0.270 e. The Hall–Kier alpha value is -3.56. The van der Waals surface area contributed by atoms with Gasteiger partial charge in [0.2, 0.25) is 5.91 Å². The number of thioether (sulfide) groups is 1. The van der Waals surface area contributed by atoms with Crippen LogP contribution in [0.1, 0.15) is 5.56 Å². The van der Waals surface area contributed by atoms with Crippen molar-refractivity contribution in [3.8, 4) is 34.3 Å². The Morgan fingerprint density at radius 2 is 2.00 bits per heavy atom. The summed E-state index contributed by atoms with van der Waals surface area (Å²) < 4.78 is 5.21. The molecule has 0 radical (unpaired) electrons. The SMILES string of the molecule is COc1cccc(-c2nc(SCC(=O)Nc3nc(-c4cc(Cl)c(N)c(Cl)c4)cs3)[nH]c(=O)c2C#N)c1. The van der Waals surface area contributed by atoms with Crippen molar-refractivity contribution in [1.82, 2.24) is 15.0 Å². The highest BCUT2D eigenvalue weighted by Crippen LogP contribution is 2.34. The summed E-state index contributed by atoms with van der Waals surface area (Å²) in [4.78, 5) is 36.3. The predicted molar refractivity (Wildman–Crippen MR) is 143 cm³/mol. The number of aromatic amines is 1. The summed E-state index contributed by atoms with van der Waals surface area (Å²) in [6.07, 6.45) is 0. The number of nitrogen functional groups attached to an aromatic ring is 1. The summed E-state index contributed by atoms with van der Waals surface area (Å²) >= 11 is 14.4. The number of amides is 1. The van der Waals surface area contributed by atoms with Gasteiger partial charge in [-0.1, -0.05) is 47.1 Å². The molecule has 0 aliphatic carbocycles. The van der Waals surface area contributed by atoms with Crippen LogP contribution in [0.15, 0.2) is 51.7 Å². The van der Waals surface area contributed by atoms with Crippen LogP contribution >= 0.6 is 46.3 Å². The monoisotopic (exact) mass is 558 g/mol. The zero-order valence-corrected chi connectivity index (χ0v) is 21.6. The van der Waals surface area contributed by atoms with E-state index >= 15 is 0 Å². The number of hydrogen-bond donors (Lipinski definition) is 3. The Morgan fingerprint density at radius 3 is 2.69 bits per heavy atom. The fourth-order valence-corrected chi connectivity index (χ4v) is 4.97. The number of hydrogen-bond acceptors (Lipinski definition) is 9. The van der Waals surface area contributed by atoms with Crippen LogP contribution in [0.3, 0.4) is 0 Å². The van der Waals surface area contributed by atoms with Gasteiger partial charge in [0, 0.05) is 16.5 Å². The first-order valence-corrected chi connectivity index (χ1v) is 12.7. The molecule has 0 saturated carbocycles. The van der Waals surface area contributed by atoms with Crippen LogP contribution in [0, 0.1) is 11.3 Å². The number of nitrogens with zero attached hydrogens (tertiary/aromatic N) is 3. The summed E-state index contributed by atoms with van der Waals surface area (Å²) in [6.45, 7) is 0. The van der Waals surface area contributed by atoms with Gasteiger partial charge in [0.25, 0.3) is 5.56 Å². The minimum absolute atomic E-state index is 0.0547. The standard InChI is InChI=1S/C23H16Cl2N6O3S2/c1-34-13-4-2-3-11(5-13)20-14(8-26)21(33)31-23(30-20)36-10-18(32)29-22-28-17(9-35-22)12-6-15(24)19(27)16(25)7-12/h2-7,9H,10,27H2,1H3,(H,28,29,32)(H,30,31,33). The molecule has 2 aromatic carbocycles. The second-order valence-corrected chi connectivity index (χ2v) is 9.80. The van der Waals surface area contributed by atoms with E-state index < -0.39 is 5.56 Å². The second kappa shape index (κ2) is 11.0. The van der Waals surface area contributed by atoms with Crippen molar-refractivity contribution in [3.63, 3.8) is 0 Å². The number of nitriles is 1. The lowest BCUT2D eigenvalue weighted by Gasteiger charge is -2.08. The quantitative estimate of drug-likeness (QED) is 0.162. The Bertz CT molecular complexity index is 1540. The van der Waals surface area contributed by atoms with E-state index in [0.717, 1.165) is 11.8 Å². The van der Waals surface area contributed by atoms with E-state index in [0.29, 0.717) is 37.7 Å². The first kappa shape index (κ1) is 25.5. The van der Waals surface area contributed by atoms with Crippen LogP contribution in [0.25, 0.3) is 22.5 Å². The molecule has 0 saturated heterocycles. The number of benzene rings is 2. The van der Waals surface area contributed by atoms with Crippen molar-refractivity contribution in [2.75, 3.05) is 23.9 Å². The predicted octanol–water partition coefficient (Wildman–Crippen LogP) is 5.06. The fourth-order valence-electron chi connectivity index (χ4n) is 3.09. The van der Waals surface area contributed by atoms with Crippen molar-refractivity contribution in [3.05, 3.63) is 67.7 Å². The molecule has 0 atom stereocenters. The Balaban J connectivity index is 1.48. The molecule has 0 unspecified atom stereocenters. The van der Waals surface area contributed by atoms with E-state index in [9.17, 15) is 14.9 Å². The van der Waals surface area contributed by atoms with Gasteiger partial charge < -0.3 is 20.8 Å². The maximum atomic E-state index is 12.5. The molecule has 4 rings (SSSR count). The number of nitrogens with two attached hydrogens (primary N) is 1. The van der Waals surface area contributed by atoms with E-state index in [1.807, 2.05) is 6.07 Å². The third-order valence-electron chi connectivity index (χ3n) is 4.82. The number of H-pyrrole nitrogens is 1. The lowest BCUT2D eigenvalue weighted by Crippen LogP contribution is -2.17. The second-order valence-electron chi connectivity index (χ2n) is 7.17. The highest BCUT2D eigenvalue weighted by atomic mass is 35.5. The highest BCUT2D eigenvalue weighted by Gasteiger charge is 2.16. The number of carbonyl (C=O) groups is 1. The van der Waals surface area contributed by atoms with Crippen molar-refractivity contribution in [2.24, 2.45) is 0 Å². The average molecular weight is 559 g/mol. The van der Waals surface area contributed by atoms with Crippen LogP contribution in [0.5, 0.6) is 5.75 Å². The van der Waals surface area contributed by atoms with Crippen LogP contribution in [-0.2, 0) is 4.79 Å². The molecule has 2 heterocycles. The van der Waals surface area contributed by atoms with Crippen LogP contribution < -0.4 is 21.3 Å². The van der Waals surface area contributed by atoms with Crippen LogP contribution in [-0.4, -0.2) is 33.7 Å². The van der Waals surface area contributed by atoms with Crippen LogP contribution in [0.2, 0.25) is 10.0 Å². The molecular weight excluding hydrogens is 543 g/mol. The number of nitrogens with one attached hydrogen (secondary N) is 2. The normalized spacial score (nSPS) is 10.6. The van der Waals surface area contributed by atoms with Gasteiger partial charge in [-0.25, -0.2) is 9.97 Å². The highest BCUT2D eigenvalue weighted by molar-refractivity contribution is 7.99. The van der Waals surface area contributed by atoms with Gasteiger partial charge in [0.1, 0.15) is 17.4 Å². The molecule has 0 bridgehead atoms. The minimum atomic E-state index is -0.599. The van der Waals surface area contributed by atoms with Gasteiger partial charge in [-0.3, -0.25) is 9.59 Å². The Labute approximate surface area is 223 Å². The minimum Gasteiger partial charge on any atom is -0.497 e. The molecule has 4 N–H and O–H groups in total. The average Bonchev–Trinajstić information content (AvgIpc) is 3.33. The van der Waals surface area contributed by atoms with E-state index in [1.165, 1.54) is 18.4 Å². The number of methoxy groups -OCH3 is 1. The number of rotatable bonds is 7. The zero-order chi connectivity index (χ0) is 25.8. The molecule has 0 spiro atoms. The van der Waals surface area contributed by atoms with Crippen molar-refractivity contribution >= 4 is 63.0 Å². The van der Waals surface area contributed by atoms with E-state index in [1.54, 1.807) is 41.8 Å². The van der Waals surface area contributed by atoms with Crippen molar-refractivity contribution < 1.29 is 9.53 Å². The van der Waals surface area contributed by atoms with Crippen LogP contribution in [0.4, 0.5) is 10.8 Å². The largest absolute Gasteiger partial charge is 0.497 e. The molecular formula is C23H16Cl2N6O3S2. The van der Waals surface area contributed by atoms with E-state index in [-0.39, 0.29) is 33.8 Å². The van der Waals surface area contributed by atoms with Gasteiger partial charge in [0.15, 0.2) is 10.3 Å². The summed E-state index contributed by atoms with van der Waals surface area (Å²) in [7, 11) is 1.51. The van der Waals surface area contributed by atoms with Crippen molar-refractivity contribution in [1.29, 1.82) is 5.26 Å². The molecule has 0 aliphatic rings. The van der Waals surface area contributed by atoms with Gasteiger partial charge in [0.05, 0.1) is 40.0 Å². The summed E-state index contributed by atoms with van der Waals surface area (Å²) in [5.41, 5.74) is 7.31. The third kappa shape index (κ3) is 5.63. The molecule has 9 nitrogen and oxygen atoms in total. The number of ether oxygens (including phenoxy) is 1. The lowest BCUT2D eigenvalue weighted by molar-refractivity contribution is -0.113. The topological polar surface area (TPSA) is 147 Å². The fraction of sp³-hybridized carbons (Fsp3) is 0.0870. The molecule has 1 amide bonds. The summed E-state index contributed by atoms with van der Waals surface area (Å²) in [5, 5.41) is 15.1. The molecule has 13 heteroatoms. The van der Waals surface area contributed by atoms with Gasteiger partial charge >= 0.3 is 0 Å². The number of carbonyl (C=O) groups excluding carboxylic acids is 1. The third-order valence-corrected chi connectivity index (χ3v) is 7.07. The molecule has 4 aromatic rings. The van der Waals surface area contributed by atoms with Gasteiger partial charge in [-0.05, 0) is 24.3 Å². The zero-order valence-electron chi connectivity index (χ0n) is 18.5. The van der Waals surface area contributed by atoms with E-state index in [4.69, 9.17) is 33.7 Å². The van der Waals surface area contributed by atoms with E-state index in [2.05, 4.69) is 20.3 Å². The summed E-state index contributed by atoms with van der Waals surface area (Å²) in [6, 6.07) is 12.0. The van der Waals surface area contributed by atoms with Gasteiger partial charge in [-0.2, -0.15) is 5.26 Å². The maximum absolute atomic E-state index is 12.5. The molecule has 2 aromatic heterocycles. The lowest BCUT2D eigenvalue weighted by atomic mass is 10.1. The van der Waals surface area contributed by atoms with Crippen molar-refractivity contribution in [2.45, 2.75) is 5.16 Å². The number of halogens is 2. The first-order valence-electron chi connectivity index (χ1n) is 10.1. The Kier molecular flexibility index (Phi) is 7.81. The Morgan fingerprint density at radius 1 is 1.25 bits per heavy atom. The summed E-state index contributed by atoms with van der Waals surface area (Å²) in [5.74, 6) is 0.142. The molecule has 0 fully saturated rings. The smallest absolute Gasteiger partial charge is 0.270 e. The number of thiazole rings is 1. The number of anilines is 2. The number of aromatic nitrogens is 3. The molecule has 36 heavy (non-hydrogen) atoms. The van der Waals surface area contributed by atoms with Gasteiger partial charge in [-0.15, -0.1) is 11.3 Å². The molecule has 0 aliphatic heterocycles. The molecule has 182 valence electrons. The first-order chi connectivity index (χ1) is 17.3.